The van der Waals surface area contributed by atoms with E-state index in [4.69, 9.17) is 4.74 Å². The lowest BCUT2D eigenvalue weighted by Gasteiger charge is -2.26. The lowest BCUT2D eigenvalue weighted by Crippen LogP contribution is -2.39. The lowest BCUT2D eigenvalue weighted by atomic mass is 10.4. The molecule has 0 aromatic carbocycles. The van der Waals surface area contributed by atoms with Gasteiger partial charge < -0.3 is 15.4 Å². The van der Waals surface area contributed by atoms with E-state index >= 15 is 0 Å². The molecule has 7 nitrogen and oxygen atoms in total. The average molecular weight is 281 g/mol. The number of anilines is 1. The summed E-state index contributed by atoms with van der Waals surface area (Å²) in [7, 11) is 1.89. The standard InChI is InChI=1S/C13H23N5O2/c1-14-2-3-15-12-10-13(19)18(16-11-12)5-4-17-6-8-20-9-7-17/h10-11,14-15H,2-9H2,1H3. The minimum Gasteiger partial charge on any atom is -0.382 e. The van der Waals surface area contributed by atoms with Gasteiger partial charge in [0, 0.05) is 38.8 Å². The van der Waals surface area contributed by atoms with Gasteiger partial charge in [0.1, 0.15) is 0 Å². The van der Waals surface area contributed by atoms with Crippen LogP contribution in [-0.2, 0) is 11.3 Å². The number of hydrogen-bond donors (Lipinski definition) is 2. The van der Waals surface area contributed by atoms with Crippen LogP contribution in [0.5, 0.6) is 0 Å². The number of ether oxygens (including phenoxy) is 1. The van der Waals surface area contributed by atoms with Gasteiger partial charge in [-0.25, -0.2) is 4.68 Å². The van der Waals surface area contributed by atoms with Crippen LogP contribution in [0.2, 0.25) is 0 Å². The molecule has 1 aliphatic heterocycles. The third kappa shape index (κ3) is 4.59. The molecule has 0 radical (unpaired) electrons. The molecule has 0 aliphatic carbocycles. The van der Waals surface area contributed by atoms with Crippen molar-refractivity contribution in [3.63, 3.8) is 0 Å². The zero-order valence-corrected chi connectivity index (χ0v) is 12.0. The van der Waals surface area contributed by atoms with E-state index in [1.165, 1.54) is 4.68 Å². The number of morpholine rings is 1. The summed E-state index contributed by atoms with van der Waals surface area (Å²) in [5.74, 6) is 0. The van der Waals surface area contributed by atoms with Crippen LogP contribution in [0.4, 0.5) is 5.69 Å². The SMILES string of the molecule is CNCCNc1cnn(CCN2CCOCC2)c(=O)c1. The summed E-state index contributed by atoms with van der Waals surface area (Å²) in [4.78, 5) is 14.2. The van der Waals surface area contributed by atoms with Crippen LogP contribution in [0.25, 0.3) is 0 Å². The Bertz CT molecular complexity index is 456. The fraction of sp³-hybridized carbons (Fsp3) is 0.692. The first-order chi connectivity index (χ1) is 9.79. The summed E-state index contributed by atoms with van der Waals surface area (Å²) in [5.41, 5.74) is 0.709. The third-order valence-corrected chi connectivity index (χ3v) is 3.31. The van der Waals surface area contributed by atoms with Crippen LogP contribution in [0, 0.1) is 0 Å². The summed E-state index contributed by atoms with van der Waals surface area (Å²) >= 11 is 0. The molecular weight excluding hydrogens is 258 g/mol. The molecule has 0 spiro atoms. The largest absolute Gasteiger partial charge is 0.382 e. The van der Waals surface area contributed by atoms with Gasteiger partial charge in [-0.15, -0.1) is 0 Å². The van der Waals surface area contributed by atoms with Gasteiger partial charge in [-0.1, -0.05) is 0 Å². The first kappa shape index (κ1) is 15.0. The maximum Gasteiger partial charge on any atom is 0.268 e. The molecule has 0 atom stereocenters. The highest BCUT2D eigenvalue weighted by Crippen LogP contribution is 2.00. The summed E-state index contributed by atoms with van der Waals surface area (Å²) < 4.78 is 6.81. The molecule has 1 fully saturated rings. The molecule has 2 heterocycles. The second kappa shape index (κ2) is 7.98. The number of likely N-dealkylation sites (N-methyl/N-ethyl adjacent to an activating group) is 1. The lowest BCUT2D eigenvalue weighted by molar-refractivity contribution is 0.0358. The average Bonchev–Trinajstić information content (AvgIpc) is 2.48. The summed E-state index contributed by atoms with van der Waals surface area (Å²) in [6.07, 6.45) is 1.70. The number of aromatic nitrogens is 2. The first-order valence-electron chi connectivity index (χ1n) is 7.05. The molecule has 0 bridgehead atoms. The molecule has 7 heteroatoms. The number of nitrogens with zero attached hydrogens (tertiary/aromatic N) is 3. The van der Waals surface area contributed by atoms with Crippen molar-refractivity contribution in [3.8, 4) is 0 Å². The quantitative estimate of drug-likeness (QED) is 0.638. The molecule has 1 saturated heterocycles. The Balaban J connectivity index is 1.83. The smallest absolute Gasteiger partial charge is 0.268 e. The van der Waals surface area contributed by atoms with Gasteiger partial charge in [0.2, 0.25) is 0 Å². The molecular formula is C13H23N5O2. The summed E-state index contributed by atoms with van der Waals surface area (Å²) in [6.45, 7) is 6.48. The van der Waals surface area contributed by atoms with Crippen molar-refractivity contribution >= 4 is 5.69 Å². The van der Waals surface area contributed by atoms with Gasteiger partial charge in [-0.2, -0.15) is 5.10 Å². The van der Waals surface area contributed by atoms with Gasteiger partial charge >= 0.3 is 0 Å². The normalized spacial score (nSPS) is 16.2. The van der Waals surface area contributed by atoms with Crippen molar-refractivity contribution in [1.82, 2.24) is 20.0 Å². The molecule has 1 aliphatic rings. The van der Waals surface area contributed by atoms with E-state index in [2.05, 4.69) is 20.6 Å². The molecule has 1 aromatic heterocycles. The Morgan fingerprint density at radius 2 is 2.10 bits per heavy atom. The van der Waals surface area contributed by atoms with Crippen LogP contribution >= 0.6 is 0 Å². The van der Waals surface area contributed by atoms with Crippen LogP contribution in [0.3, 0.4) is 0 Å². The molecule has 20 heavy (non-hydrogen) atoms. The van der Waals surface area contributed by atoms with Crippen molar-refractivity contribution in [3.05, 3.63) is 22.6 Å². The molecule has 0 unspecified atom stereocenters. The Hall–Kier alpha value is -1.44. The van der Waals surface area contributed by atoms with Crippen molar-refractivity contribution < 1.29 is 4.74 Å². The van der Waals surface area contributed by atoms with Gasteiger partial charge in [0.25, 0.3) is 5.56 Å². The van der Waals surface area contributed by atoms with E-state index in [0.29, 0.717) is 6.54 Å². The third-order valence-electron chi connectivity index (χ3n) is 3.31. The monoisotopic (exact) mass is 281 g/mol. The second-order valence-electron chi connectivity index (χ2n) is 4.79. The number of rotatable bonds is 7. The van der Waals surface area contributed by atoms with E-state index in [0.717, 1.165) is 51.6 Å². The summed E-state index contributed by atoms with van der Waals surface area (Å²) in [6, 6.07) is 1.60. The van der Waals surface area contributed by atoms with E-state index in [-0.39, 0.29) is 5.56 Å². The predicted octanol–water partition coefficient (Wildman–Crippen LogP) is -0.793. The van der Waals surface area contributed by atoms with E-state index < -0.39 is 0 Å². The maximum atomic E-state index is 11.9. The second-order valence-corrected chi connectivity index (χ2v) is 4.79. The highest BCUT2D eigenvalue weighted by molar-refractivity contribution is 5.38. The van der Waals surface area contributed by atoms with Crippen molar-refractivity contribution in [1.29, 1.82) is 0 Å². The van der Waals surface area contributed by atoms with Gasteiger partial charge in [-0.3, -0.25) is 9.69 Å². The minimum absolute atomic E-state index is 0.0623. The number of hydrogen-bond acceptors (Lipinski definition) is 6. The van der Waals surface area contributed by atoms with E-state index in [1.54, 1.807) is 12.3 Å². The Morgan fingerprint density at radius 3 is 2.80 bits per heavy atom. The fourth-order valence-electron chi connectivity index (χ4n) is 2.09. The fourth-order valence-corrected chi connectivity index (χ4v) is 2.09. The zero-order valence-electron chi connectivity index (χ0n) is 12.0. The predicted molar refractivity (Wildman–Crippen MR) is 78.2 cm³/mol. The first-order valence-corrected chi connectivity index (χ1v) is 7.05. The van der Waals surface area contributed by atoms with Crippen LogP contribution in [0.15, 0.2) is 17.1 Å². The highest BCUT2D eigenvalue weighted by Gasteiger charge is 2.10. The van der Waals surface area contributed by atoms with Crippen LogP contribution in [0.1, 0.15) is 0 Å². The minimum atomic E-state index is -0.0623. The Kier molecular flexibility index (Phi) is 5.97. The van der Waals surface area contributed by atoms with Gasteiger partial charge in [0.15, 0.2) is 0 Å². The molecule has 112 valence electrons. The topological polar surface area (TPSA) is 71.4 Å². The van der Waals surface area contributed by atoms with Crippen LogP contribution in [-0.4, -0.2) is 67.7 Å². The number of nitrogens with one attached hydrogen (secondary N) is 2. The Labute approximate surface area is 118 Å². The molecule has 1 aromatic rings. The maximum absolute atomic E-state index is 11.9. The van der Waals surface area contributed by atoms with Crippen molar-refractivity contribution in [2.75, 3.05) is 58.3 Å². The van der Waals surface area contributed by atoms with Crippen molar-refractivity contribution in [2.24, 2.45) is 0 Å². The van der Waals surface area contributed by atoms with Gasteiger partial charge in [-0.05, 0) is 7.05 Å². The Morgan fingerprint density at radius 1 is 1.30 bits per heavy atom. The summed E-state index contributed by atoms with van der Waals surface area (Å²) in [5, 5.41) is 10.4. The van der Waals surface area contributed by atoms with E-state index in [1.807, 2.05) is 7.05 Å². The van der Waals surface area contributed by atoms with E-state index in [9.17, 15) is 4.79 Å². The molecule has 0 amide bonds. The highest BCUT2D eigenvalue weighted by atomic mass is 16.5. The molecule has 2 rings (SSSR count). The van der Waals surface area contributed by atoms with Crippen LogP contribution < -0.4 is 16.2 Å². The molecule has 2 N–H and O–H groups in total. The zero-order chi connectivity index (χ0) is 14.2. The van der Waals surface area contributed by atoms with Crippen molar-refractivity contribution in [2.45, 2.75) is 6.54 Å². The van der Waals surface area contributed by atoms with Gasteiger partial charge in [0.05, 0.1) is 31.6 Å². The molecule has 0 saturated carbocycles.